The van der Waals surface area contributed by atoms with Crippen LogP contribution in [0.3, 0.4) is 0 Å². The van der Waals surface area contributed by atoms with Gasteiger partial charge in [-0.3, -0.25) is 0 Å². The van der Waals surface area contributed by atoms with E-state index in [0.29, 0.717) is 61.1 Å². The van der Waals surface area contributed by atoms with Gasteiger partial charge in [0.1, 0.15) is 50.7 Å². The topological polar surface area (TPSA) is 24.9 Å². The first-order valence-corrected chi connectivity index (χ1v) is 24.6. The molecule has 320 valence electrons. The predicted octanol–water partition coefficient (Wildman–Crippen LogP) is 3.23. The van der Waals surface area contributed by atoms with E-state index in [1.54, 1.807) is 22.3 Å². The fourth-order valence-electron chi connectivity index (χ4n) is 17.7. The van der Waals surface area contributed by atoms with E-state index in [0.717, 1.165) is 35.1 Å². The van der Waals surface area contributed by atoms with Crippen LogP contribution < -0.4 is 43.8 Å². The Balaban J connectivity index is 0.00000196. The van der Waals surface area contributed by atoms with Gasteiger partial charge in [-0.15, -0.1) is 0 Å². The van der Waals surface area contributed by atoms with E-state index in [2.05, 4.69) is 151 Å². The summed E-state index contributed by atoms with van der Waals surface area (Å²) >= 11 is 7.48. The van der Waals surface area contributed by atoms with E-state index in [-0.39, 0.29) is 57.2 Å². The van der Waals surface area contributed by atoms with Crippen molar-refractivity contribution < 1.29 is 52.4 Å². The van der Waals surface area contributed by atoms with Crippen LogP contribution in [0.15, 0.2) is 129 Å². The molecule has 0 aromatic heterocycles. The highest BCUT2D eigenvalue weighted by molar-refractivity contribution is 9.10. The molecule has 10 heteroatoms. The molecule has 0 N–H and O–H groups in total. The number of quaternary nitrogens is 2. The number of piperidine rings is 2. The van der Waals surface area contributed by atoms with E-state index in [4.69, 9.17) is 9.47 Å². The molecule has 62 heavy (non-hydrogen) atoms. The third-order valence-electron chi connectivity index (χ3n) is 19.3. The zero-order chi connectivity index (χ0) is 39.3. The van der Waals surface area contributed by atoms with Crippen LogP contribution in [0.4, 0.5) is 11.4 Å². The van der Waals surface area contributed by atoms with Gasteiger partial charge in [0.25, 0.3) is 0 Å². The van der Waals surface area contributed by atoms with Crippen molar-refractivity contribution in [3.63, 3.8) is 0 Å². The minimum atomic E-state index is 0. The molecule has 9 aliphatic heterocycles. The van der Waals surface area contributed by atoms with Gasteiger partial charge >= 0.3 is 0 Å². The summed E-state index contributed by atoms with van der Waals surface area (Å²) in [4.78, 5) is 6.01. The van der Waals surface area contributed by atoms with Gasteiger partial charge < -0.3 is 62.2 Å². The third-order valence-corrected chi connectivity index (χ3v) is 20.3. The molecule has 14 atom stereocenters. The molecule has 2 saturated carbocycles. The van der Waals surface area contributed by atoms with E-state index >= 15 is 0 Å². The maximum Gasteiger partial charge on any atom is 0.136 e. The number of nitrogens with zero attached hydrogens (tertiary/aromatic N) is 4. The first kappa shape index (κ1) is 40.0. The predicted molar refractivity (Wildman–Crippen MR) is 240 cm³/mol. The molecule has 2 spiro atoms. The van der Waals surface area contributed by atoms with E-state index in [1.807, 2.05) is 0 Å². The van der Waals surface area contributed by atoms with Gasteiger partial charge in [0, 0.05) is 80.8 Å². The largest absolute Gasteiger partial charge is 1.00 e. The summed E-state index contributed by atoms with van der Waals surface area (Å²) in [6, 6.07) is 39.8. The fourth-order valence-corrected chi connectivity index (χ4v) is 18.3. The molecule has 4 unspecified atom stereocenters. The van der Waals surface area contributed by atoms with Crippen molar-refractivity contribution in [2.75, 3.05) is 49.2 Å². The normalized spacial score (nSPS) is 42.2. The van der Waals surface area contributed by atoms with E-state index in [1.165, 1.54) is 70.2 Å². The molecule has 0 amide bonds. The number of ether oxygens (including phenoxy) is 2. The molecule has 15 rings (SSSR count). The molecular formula is C52H52Br4N4O2. The van der Waals surface area contributed by atoms with Crippen molar-refractivity contribution in [3.8, 4) is 0 Å². The zero-order valence-corrected chi connectivity index (χ0v) is 41.1. The summed E-state index contributed by atoms with van der Waals surface area (Å²) in [6.07, 6.45) is 10.1. The van der Waals surface area contributed by atoms with Crippen LogP contribution in [0.2, 0.25) is 0 Å². The van der Waals surface area contributed by atoms with Gasteiger partial charge in [0.05, 0.1) is 49.2 Å². The first-order chi connectivity index (χ1) is 29.4. The molecule has 7 fully saturated rings. The quantitative estimate of drug-likeness (QED) is 0.232. The number of fused-ring (bicyclic) bond motifs is 6. The van der Waals surface area contributed by atoms with Crippen LogP contribution in [0.1, 0.15) is 47.9 Å². The molecule has 5 saturated heterocycles. The van der Waals surface area contributed by atoms with Gasteiger partial charge in [-0.25, -0.2) is 0 Å². The Morgan fingerprint density at radius 2 is 0.984 bits per heavy atom. The van der Waals surface area contributed by atoms with Crippen molar-refractivity contribution in [3.05, 3.63) is 152 Å². The number of benzene rings is 4. The van der Waals surface area contributed by atoms with Crippen LogP contribution >= 0.6 is 31.9 Å². The minimum absolute atomic E-state index is 0. The van der Waals surface area contributed by atoms with Crippen molar-refractivity contribution >= 4 is 43.2 Å². The lowest BCUT2D eigenvalue weighted by Gasteiger charge is -2.65. The average molecular weight is 1080 g/mol. The highest BCUT2D eigenvalue weighted by atomic mass is 79.9. The van der Waals surface area contributed by atoms with Crippen molar-refractivity contribution in [1.29, 1.82) is 0 Å². The maximum atomic E-state index is 7.67. The highest BCUT2D eigenvalue weighted by Gasteiger charge is 2.81. The van der Waals surface area contributed by atoms with E-state index in [9.17, 15) is 0 Å². The summed E-state index contributed by atoms with van der Waals surface area (Å²) in [5, 5.41) is 0. The fraction of sp³-hybridized carbons (Fsp3) is 0.462. The monoisotopic (exact) mass is 1080 g/mol. The lowest BCUT2D eigenvalue weighted by atomic mass is 9.52. The number of hydrogen-bond acceptors (Lipinski definition) is 4. The molecular weight excluding hydrogens is 1030 g/mol. The second-order valence-corrected chi connectivity index (χ2v) is 22.8. The Labute approximate surface area is 403 Å². The van der Waals surface area contributed by atoms with Gasteiger partial charge in [-0.1, -0.05) is 105 Å². The molecule has 2 aliphatic carbocycles. The van der Waals surface area contributed by atoms with Crippen LogP contribution in [0, 0.1) is 23.7 Å². The highest BCUT2D eigenvalue weighted by Crippen LogP contribution is 2.73. The van der Waals surface area contributed by atoms with Crippen molar-refractivity contribution in [2.45, 2.75) is 86.2 Å². The molecule has 4 aromatic carbocycles. The number of rotatable bonds is 4. The maximum absolute atomic E-state index is 7.67. The lowest BCUT2D eigenvalue weighted by Crippen LogP contribution is -3.00. The van der Waals surface area contributed by atoms with E-state index < -0.39 is 0 Å². The second-order valence-electron chi connectivity index (χ2n) is 21.0. The Morgan fingerprint density at radius 1 is 0.565 bits per heavy atom. The van der Waals surface area contributed by atoms with Gasteiger partial charge in [0.2, 0.25) is 0 Å². The van der Waals surface area contributed by atoms with Gasteiger partial charge in [0.15, 0.2) is 0 Å². The molecule has 6 nitrogen and oxygen atoms in total. The summed E-state index contributed by atoms with van der Waals surface area (Å²) in [6.45, 7) is 8.34. The number of hydrogen-bond donors (Lipinski definition) is 0. The number of anilines is 2. The van der Waals surface area contributed by atoms with Crippen LogP contribution in [0.5, 0.6) is 0 Å². The Hall–Kier alpha value is -2.28. The summed E-state index contributed by atoms with van der Waals surface area (Å²) in [7, 11) is 0. The number of halogens is 4. The smallest absolute Gasteiger partial charge is 0.136 e. The standard InChI is InChI=1S/C52H52Br2N4O2.2BrH/c53-35-13-9-31(10-14-35)27-57-21-19-51-39-5-1-3-7-41(39)55-47(51)45-37(25-43(51)57)33(29-57)18-24-60-50(45)56-42-8-4-2-6-40(42)52-20-22-58(28-32-11-15-36(54)16-12-32)30-34-17-23-59-49(55)46(48(52)56)38(34)26-44(52)58;;/h1-18,37-38,43-50H,19-30H2;2*1H/q+2;;/p-2/t37-,38-,43-,44-,45+,46+,47-,48-,49+,50+,51?,52?,57?,58?;;/m0../s1. The zero-order valence-electron chi connectivity index (χ0n) is 34.8. The third kappa shape index (κ3) is 4.75. The minimum Gasteiger partial charge on any atom is -1.00 e. The van der Waals surface area contributed by atoms with Gasteiger partial charge in [-0.05, 0) is 58.7 Å². The summed E-state index contributed by atoms with van der Waals surface area (Å²) < 4.78 is 20.0. The Morgan fingerprint density at radius 3 is 1.42 bits per heavy atom. The lowest BCUT2D eigenvalue weighted by molar-refractivity contribution is -0.955. The summed E-state index contributed by atoms with van der Waals surface area (Å²) in [5.41, 5.74) is 12.5. The second kappa shape index (κ2) is 13.6. The first-order valence-electron chi connectivity index (χ1n) is 23.0. The van der Waals surface area contributed by atoms with Crippen LogP contribution in [0.25, 0.3) is 0 Å². The molecule has 4 aromatic rings. The SMILES string of the molecule is Brc1ccc(C[N+]23CCC45c6ccccc6N6[C@@H]7OCC=C8C[N+]9(Cc%10ccc(Br)cc%10)CCC%10%11c%12ccccc%12N([C@@H]%12OCC=C(C2)[C@H](C[C@@H]43)[C@@H]%12[C@H]65)[C@H]%10[C@H]7[C@H]8C[C@@H]%119)cc1.[Br-].[Br-]. The van der Waals surface area contributed by atoms with Crippen LogP contribution in [-0.2, 0) is 33.4 Å². The molecule has 9 heterocycles. The Kier molecular flexibility index (Phi) is 8.81. The Bertz CT molecular complexity index is 2410. The average Bonchev–Trinajstić information content (AvgIpc) is 3.88. The summed E-state index contributed by atoms with van der Waals surface area (Å²) in [5.74, 6) is 1.66. The molecule has 11 aliphatic rings. The molecule has 0 radical (unpaired) electrons. The molecule has 4 bridgehead atoms. The number of para-hydroxylation sites is 2. The van der Waals surface area contributed by atoms with Crippen molar-refractivity contribution in [1.82, 2.24) is 0 Å². The van der Waals surface area contributed by atoms with Crippen LogP contribution in [-0.4, -0.2) is 85.0 Å². The van der Waals surface area contributed by atoms with Crippen molar-refractivity contribution in [2.24, 2.45) is 23.7 Å². The van der Waals surface area contributed by atoms with Gasteiger partial charge in [-0.2, -0.15) is 0 Å².